The predicted octanol–water partition coefficient (Wildman–Crippen LogP) is -3.39. The average Bonchev–Trinajstić information content (AvgIpc) is 2.98. The molecule has 2 aromatic rings. The first-order valence-electron chi connectivity index (χ1n) is 6.69. The normalized spacial score (nSPS) is 29.0. The molecule has 1 fully saturated rings. The molecule has 5 atom stereocenters. The summed E-state index contributed by atoms with van der Waals surface area (Å²) in [7, 11) is 1.58. The Morgan fingerprint density at radius 1 is 1.48 bits per heavy atom. The topological polar surface area (TPSA) is 162 Å². The van der Waals surface area contributed by atoms with Gasteiger partial charge in [0.15, 0.2) is 18.8 Å². The standard InChI is InChI=1S/C12H14N4O7/c1-15-3-16(9-4(15)10(20)14-2-13-9)11-6(18)5(17)8(23-11)7(19)12(21)22/h2-3,5-8,11,17-19H,1H3,(H-,13,14,20,21,22)/p+1/t5-,6+,7?,8-,11+/m0/s1. The molecule has 1 saturated heterocycles. The first-order chi connectivity index (χ1) is 10.8. The molecule has 0 aliphatic carbocycles. The molecule has 1 aliphatic heterocycles. The molecule has 1 unspecified atom stereocenters. The quantitative estimate of drug-likeness (QED) is 0.365. The number of H-pyrrole nitrogens is 1. The minimum atomic E-state index is -2.00. The fraction of sp³-hybridized carbons (Fsp3) is 0.500. The van der Waals surface area contributed by atoms with Crippen LogP contribution in [0.3, 0.4) is 0 Å². The molecule has 3 heterocycles. The third-order valence-corrected chi connectivity index (χ3v) is 3.82. The number of aryl methyl sites for hydroxylation is 1. The number of fused-ring (bicyclic) bond motifs is 1. The zero-order valence-electron chi connectivity index (χ0n) is 11.9. The number of aromatic nitrogens is 4. The molecule has 2 aromatic heterocycles. The second-order valence-corrected chi connectivity index (χ2v) is 5.29. The number of aromatic amines is 1. The van der Waals surface area contributed by atoms with Crippen molar-refractivity contribution in [3.8, 4) is 0 Å². The first kappa shape index (κ1) is 15.6. The van der Waals surface area contributed by atoms with Gasteiger partial charge in [-0.15, -0.1) is 0 Å². The van der Waals surface area contributed by atoms with Crippen LogP contribution >= 0.6 is 0 Å². The number of carbonyl (C=O) groups is 1. The Morgan fingerprint density at radius 2 is 2.17 bits per heavy atom. The van der Waals surface area contributed by atoms with Gasteiger partial charge in [0.05, 0.1) is 7.05 Å². The SMILES string of the molecule is Cn1c[n+]([C@@H]2O[C@H](C(O)C(=O)O)[C@@H](O)[C@H]2O)c2nc[nH]c(=O)c21. The lowest BCUT2D eigenvalue weighted by Gasteiger charge is -2.16. The van der Waals surface area contributed by atoms with Crippen molar-refractivity contribution in [1.82, 2.24) is 14.5 Å². The number of aliphatic hydroxyl groups excluding tert-OH is 3. The highest BCUT2D eigenvalue weighted by Gasteiger charge is 2.51. The molecular formula is C12H15N4O7+. The number of nitrogens with one attached hydrogen (secondary N) is 1. The monoisotopic (exact) mass is 327 g/mol. The van der Waals surface area contributed by atoms with Crippen LogP contribution in [-0.2, 0) is 16.6 Å². The molecule has 0 aromatic carbocycles. The predicted molar refractivity (Wildman–Crippen MR) is 71.1 cm³/mol. The number of rotatable bonds is 3. The van der Waals surface area contributed by atoms with E-state index in [4.69, 9.17) is 9.84 Å². The van der Waals surface area contributed by atoms with Gasteiger partial charge in [-0.25, -0.2) is 9.36 Å². The molecule has 124 valence electrons. The average molecular weight is 327 g/mol. The van der Waals surface area contributed by atoms with Gasteiger partial charge < -0.3 is 25.2 Å². The maximum atomic E-state index is 11.8. The van der Waals surface area contributed by atoms with Crippen molar-refractivity contribution in [3.63, 3.8) is 0 Å². The first-order valence-corrected chi connectivity index (χ1v) is 6.69. The van der Waals surface area contributed by atoms with Crippen molar-refractivity contribution < 1.29 is 34.5 Å². The maximum absolute atomic E-state index is 11.8. The summed E-state index contributed by atoms with van der Waals surface area (Å²) in [6.45, 7) is 0. The van der Waals surface area contributed by atoms with Gasteiger partial charge in [-0.3, -0.25) is 14.3 Å². The van der Waals surface area contributed by atoms with Gasteiger partial charge >= 0.3 is 11.6 Å². The third kappa shape index (κ3) is 2.30. The molecule has 1 aliphatic rings. The van der Waals surface area contributed by atoms with Crippen molar-refractivity contribution in [3.05, 3.63) is 23.0 Å². The molecule has 0 radical (unpaired) electrons. The van der Waals surface area contributed by atoms with Crippen LogP contribution in [0, 0.1) is 0 Å². The largest absolute Gasteiger partial charge is 0.479 e. The molecule has 3 rings (SSSR count). The van der Waals surface area contributed by atoms with Crippen LogP contribution in [0.15, 0.2) is 17.4 Å². The van der Waals surface area contributed by atoms with E-state index in [-0.39, 0.29) is 11.2 Å². The number of nitrogens with zero attached hydrogens (tertiary/aromatic N) is 3. The number of imidazole rings is 1. The van der Waals surface area contributed by atoms with E-state index >= 15 is 0 Å². The Balaban J connectivity index is 2.05. The van der Waals surface area contributed by atoms with Crippen molar-refractivity contribution in [2.75, 3.05) is 0 Å². The number of aliphatic hydroxyl groups is 3. The summed E-state index contributed by atoms with van der Waals surface area (Å²) in [5.74, 6) is -1.58. The lowest BCUT2D eigenvalue weighted by Crippen LogP contribution is -2.46. The van der Waals surface area contributed by atoms with E-state index in [2.05, 4.69) is 9.97 Å². The Hall–Kier alpha value is -2.34. The number of aliphatic carboxylic acids is 1. The fourth-order valence-electron chi connectivity index (χ4n) is 2.69. The van der Waals surface area contributed by atoms with Crippen LogP contribution < -0.4 is 10.1 Å². The minimum absolute atomic E-state index is 0.179. The molecule has 0 bridgehead atoms. The highest BCUT2D eigenvalue weighted by atomic mass is 16.6. The summed E-state index contributed by atoms with van der Waals surface area (Å²) in [5, 5.41) is 38.4. The molecule has 23 heavy (non-hydrogen) atoms. The molecule has 5 N–H and O–H groups in total. The van der Waals surface area contributed by atoms with Gasteiger partial charge in [0, 0.05) is 0 Å². The maximum Gasteiger partial charge on any atom is 0.335 e. The van der Waals surface area contributed by atoms with E-state index in [1.807, 2.05) is 0 Å². The Bertz CT molecular complexity index is 815. The van der Waals surface area contributed by atoms with Crippen LogP contribution in [0.4, 0.5) is 0 Å². The van der Waals surface area contributed by atoms with Crippen LogP contribution in [0.5, 0.6) is 0 Å². The van der Waals surface area contributed by atoms with Crippen LogP contribution in [-0.4, -0.2) is 65.3 Å². The van der Waals surface area contributed by atoms with E-state index < -0.39 is 42.2 Å². The number of ether oxygens (including phenoxy) is 1. The summed E-state index contributed by atoms with van der Waals surface area (Å²) in [4.78, 5) is 29.1. The van der Waals surface area contributed by atoms with E-state index in [1.165, 1.54) is 21.8 Å². The minimum Gasteiger partial charge on any atom is -0.479 e. The second-order valence-electron chi connectivity index (χ2n) is 5.29. The lowest BCUT2D eigenvalue weighted by molar-refractivity contribution is -0.746. The lowest BCUT2D eigenvalue weighted by atomic mass is 10.1. The molecule has 0 amide bonds. The van der Waals surface area contributed by atoms with Crippen molar-refractivity contribution in [1.29, 1.82) is 0 Å². The summed E-state index contributed by atoms with van der Waals surface area (Å²) in [6, 6.07) is 0. The van der Waals surface area contributed by atoms with E-state index in [0.717, 1.165) is 0 Å². The Kier molecular flexibility index (Phi) is 3.64. The molecular weight excluding hydrogens is 312 g/mol. The van der Waals surface area contributed by atoms with Gasteiger partial charge in [0.25, 0.3) is 5.56 Å². The number of carboxylic acids is 1. The summed E-state index contributed by atoms with van der Waals surface area (Å²) in [6.07, 6.45) is -5.26. The smallest absolute Gasteiger partial charge is 0.335 e. The highest BCUT2D eigenvalue weighted by molar-refractivity contribution is 5.73. The van der Waals surface area contributed by atoms with Gasteiger partial charge in [-0.1, -0.05) is 4.98 Å². The Labute approximate surface area is 128 Å². The second kappa shape index (κ2) is 5.38. The zero-order chi connectivity index (χ0) is 16.9. The number of carboxylic acid groups (broad SMARTS) is 1. The zero-order valence-corrected chi connectivity index (χ0v) is 11.9. The molecule has 11 nitrogen and oxygen atoms in total. The number of hydrogen-bond acceptors (Lipinski definition) is 7. The summed E-state index contributed by atoms with van der Waals surface area (Å²) >= 11 is 0. The van der Waals surface area contributed by atoms with Gasteiger partial charge in [-0.2, -0.15) is 0 Å². The van der Waals surface area contributed by atoms with Crippen LogP contribution in [0.1, 0.15) is 6.23 Å². The molecule has 11 heteroatoms. The Morgan fingerprint density at radius 3 is 2.83 bits per heavy atom. The number of hydrogen-bond donors (Lipinski definition) is 5. The summed E-state index contributed by atoms with van der Waals surface area (Å²) < 4.78 is 8.07. The van der Waals surface area contributed by atoms with Gasteiger partial charge in [0.2, 0.25) is 11.7 Å². The van der Waals surface area contributed by atoms with Gasteiger partial charge in [-0.05, 0) is 0 Å². The van der Waals surface area contributed by atoms with E-state index in [9.17, 15) is 24.9 Å². The van der Waals surface area contributed by atoms with Crippen molar-refractivity contribution in [2.45, 2.75) is 30.6 Å². The third-order valence-electron chi connectivity index (χ3n) is 3.82. The van der Waals surface area contributed by atoms with Crippen molar-refractivity contribution in [2.24, 2.45) is 7.05 Å². The summed E-state index contributed by atoms with van der Waals surface area (Å²) in [5.41, 5.74) is -0.0237. The highest BCUT2D eigenvalue weighted by Crippen LogP contribution is 2.28. The van der Waals surface area contributed by atoms with E-state index in [0.29, 0.717) is 0 Å². The van der Waals surface area contributed by atoms with Crippen LogP contribution in [0.2, 0.25) is 0 Å². The fourth-order valence-corrected chi connectivity index (χ4v) is 2.69. The molecule has 0 saturated carbocycles. The van der Waals surface area contributed by atoms with Crippen molar-refractivity contribution >= 4 is 17.1 Å². The van der Waals surface area contributed by atoms with Gasteiger partial charge in [0.1, 0.15) is 18.3 Å². The van der Waals surface area contributed by atoms with E-state index in [1.54, 1.807) is 7.05 Å². The molecule has 0 spiro atoms. The van der Waals surface area contributed by atoms with Crippen LogP contribution in [0.25, 0.3) is 11.2 Å².